The molecule has 2 N–H and O–H groups in total. The zero-order chi connectivity index (χ0) is 15.1. The fourth-order valence-electron chi connectivity index (χ4n) is 2.52. The van der Waals surface area contributed by atoms with E-state index >= 15 is 0 Å². The molecule has 112 valence electrons. The lowest BCUT2D eigenvalue weighted by atomic mass is 9.95. The Hall–Kier alpha value is -1.80. The fraction of sp³-hybridized carbons (Fsp3) is 0.368. The second-order valence-electron chi connectivity index (χ2n) is 5.60. The number of nitrogens with two attached hydrogens (primary N) is 1. The van der Waals surface area contributed by atoms with Crippen LogP contribution in [0.5, 0.6) is 5.75 Å². The summed E-state index contributed by atoms with van der Waals surface area (Å²) in [4.78, 5) is 0. The van der Waals surface area contributed by atoms with Crippen molar-refractivity contribution in [3.63, 3.8) is 0 Å². The molecule has 2 aromatic rings. The van der Waals surface area contributed by atoms with Gasteiger partial charge in [0.05, 0.1) is 6.61 Å². The van der Waals surface area contributed by atoms with Crippen molar-refractivity contribution in [1.82, 2.24) is 0 Å². The minimum atomic E-state index is 0.424. The van der Waals surface area contributed by atoms with Crippen LogP contribution in [0.2, 0.25) is 0 Å². The lowest BCUT2D eigenvalue weighted by Gasteiger charge is -2.16. The van der Waals surface area contributed by atoms with Gasteiger partial charge in [-0.1, -0.05) is 42.5 Å². The molecule has 2 rings (SSSR count). The van der Waals surface area contributed by atoms with Crippen LogP contribution in [0.25, 0.3) is 0 Å². The van der Waals surface area contributed by atoms with E-state index in [4.69, 9.17) is 10.5 Å². The van der Waals surface area contributed by atoms with Gasteiger partial charge < -0.3 is 10.5 Å². The molecule has 0 radical (unpaired) electrons. The lowest BCUT2D eigenvalue weighted by molar-refractivity contribution is 0.299. The molecule has 0 bridgehead atoms. The Balaban J connectivity index is 1.82. The van der Waals surface area contributed by atoms with Crippen molar-refractivity contribution in [2.24, 2.45) is 5.73 Å². The van der Waals surface area contributed by atoms with E-state index in [-0.39, 0.29) is 0 Å². The van der Waals surface area contributed by atoms with Crippen LogP contribution in [0, 0.1) is 13.8 Å². The largest absolute Gasteiger partial charge is 0.493 e. The van der Waals surface area contributed by atoms with Crippen LogP contribution in [0.15, 0.2) is 48.5 Å². The molecule has 2 aromatic carbocycles. The number of hydrogen-bond acceptors (Lipinski definition) is 2. The van der Waals surface area contributed by atoms with Crippen LogP contribution < -0.4 is 10.5 Å². The Kier molecular flexibility index (Phi) is 5.82. The predicted molar refractivity (Wildman–Crippen MR) is 88.9 cm³/mol. The smallest absolute Gasteiger partial charge is 0.122 e. The number of rotatable bonds is 7. The van der Waals surface area contributed by atoms with E-state index in [1.54, 1.807) is 0 Å². The third kappa shape index (κ3) is 4.61. The van der Waals surface area contributed by atoms with Crippen LogP contribution in [-0.2, 0) is 0 Å². The molecular formula is C19H25NO. The van der Waals surface area contributed by atoms with Gasteiger partial charge in [-0.2, -0.15) is 0 Å². The summed E-state index contributed by atoms with van der Waals surface area (Å²) in [5.41, 5.74) is 9.66. The van der Waals surface area contributed by atoms with Gasteiger partial charge in [-0.25, -0.2) is 0 Å². The van der Waals surface area contributed by atoms with Crippen LogP contribution >= 0.6 is 0 Å². The van der Waals surface area contributed by atoms with E-state index in [9.17, 15) is 0 Å². The van der Waals surface area contributed by atoms with E-state index in [2.05, 4.69) is 56.3 Å². The molecule has 0 aliphatic carbocycles. The molecule has 1 unspecified atom stereocenters. The summed E-state index contributed by atoms with van der Waals surface area (Å²) in [5, 5.41) is 0. The minimum absolute atomic E-state index is 0.424. The zero-order valence-electron chi connectivity index (χ0n) is 13.0. The first-order valence-corrected chi connectivity index (χ1v) is 7.65. The Bertz CT molecular complexity index is 551. The predicted octanol–water partition coefficient (Wildman–Crippen LogP) is 4.20. The molecule has 2 nitrogen and oxygen atoms in total. The number of aryl methyl sites for hydroxylation is 2. The summed E-state index contributed by atoms with van der Waals surface area (Å²) in [7, 11) is 0. The van der Waals surface area contributed by atoms with E-state index in [0.717, 1.165) is 25.2 Å². The molecule has 0 heterocycles. The van der Waals surface area contributed by atoms with Crippen molar-refractivity contribution in [2.45, 2.75) is 32.6 Å². The molecule has 0 saturated carbocycles. The number of ether oxygens (including phenoxy) is 1. The molecule has 0 aliphatic rings. The van der Waals surface area contributed by atoms with Crippen molar-refractivity contribution in [1.29, 1.82) is 0 Å². The average molecular weight is 283 g/mol. The monoisotopic (exact) mass is 283 g/mol. The second kappa shape index (κ2) is 7.84. The highest BCUT2D eigenvalue weighted by molar-refractivity contribution is 5.35. The Labute approximate surface area is 127 Å². The summed E-state index contributed by atoms with van der Waals surface area (Å²) < 4.78 is 5.91. The first-order chi connectivity index (χ1) is 10.2. The average Bonchev–Trinajstić information content (AvgIpc) is 2.51. The zero-order valence-corrected chi connectivity index (χ0v) is 13.0. The SMILES string of the molecule is Cc1ccc(C)c(OCCCC(CN)c2ccccc2)c1. The molecule has 0 saturated heterocycles. The topological polar surface area (TPSA) is 35.2 Å². The van der Waals surface area contributed by atoms with E-state index in [0.29, 0.717) is 12.5 Å². The highest BCUT2D eigenvalue weighted by atomic mass is 16.5. The summed E-state index contributed by atoms with van der Waals surface area (Å²) in [5.74, 6) is 1.42. The quantitative estimate of drug-likeness (QED) is 0.773. The molecule has 2 heteroatoms. The molecule has 0 aliphatic heterocycles. The van der Waals surface area contributed by atoms with Crippen LogP contribution in [-0.4, -0.2) is 13.2 Å². The number of benzene rings is 2. The normalized spacial score (nSPS) is 12.1. The van der Waals surface area contributed by atoms with Gasteiger partial charge in [0.15, 0.2) is 0 Å². The Morgan fingerprint density at radius 1 is 1.05 bits per heavy atom. The van der Waals surface area contributed by atoms with E-state index in [1.807, 2.05) is 6.07 Å². The fourth-order valence-corrected chi connectivity index (χ4v) is 2.52. The maximum Gasteiger partial charge on any atom is 0.122 e. The maximum absolute atomic E-state index is 5.91. The van der Waals surface area contributed by atoms with Crippen LogP contribution in [0.1, 0.15) is 35.4 Å². The van der Waals surface area contributed by atoms with Gasteiger partial charge in [-0.05, 0) is 61.9 Å². The summed E-state index contributed by atoms with van der Waals surface area (Å²) >= 11 is 0. The van der Waals surface area contributed by atoms with Gasteiger partial charge in [0.1, 0.15) is 5.75 Å². The standard InChI is InChI=1S/C19H25NO/c1-15-10-11-16(2)19(13-15)21-12-6-9-18(14-20)17-7-4-3-5-8-17/h3-5,7-8,10-11,13,18H,6,9,12,14,20H2,1-2H3. The first kappa shape index (κ1) is 15.6. The van der Waals surface area contributed by atoms with Crippen molar-refractivity contribution < 1.29 is 4.74 Å². The van der Waals surface area contributed by atoms with Gasteiger partial charge >= 0.3 is 0 Å². The third-order valence-corrected chi connectivity index (χ3v) is 3.85. The highest BCUT2D eigenvalue weighted by Gasteiger charge is 2.09. The Morgan fingerprint density at radius 3 is 2.52 bits per heavy atom. The molecule has 0 aromatic heterocycles. The van der Waals surface area contributed by atoms with E-state index in [1.165, 1.54) is 16.7 Å². The van der Waals surface area contributed by atoms with Gasteiger partial charge in [0.2, 0.25) is 0 Å². The molecule has 21 heavy (non-hydrogen) atoms. The molecule has 0 spiro atoms. The second-order valence-corrected chi connectivity index (χ2v) is 5.60. The van der Waals surface area contributed by atoms with Gasteiger partial charge in [0, 0.05) is 0 Å². The maximum atomic E-state index is 5.91. The van der Waals surface area contributed by atoms with Crippen LogP contribution in [0.4, 0.5) is 0 Å². The summed E-state index contributed by atoms with van der Waals surface area (Å²) in [6.45, 7) is 5.61. The van der Waals surface area contributed by atoms with Gasteiger partial charge in [-0.3, -0.25) is 0 Å². The third-order valence-electron chi connectivity index (χ3n) is 3.85. The molecule has 0 fully saturated rings. The summed E-state index contributed by atoms with van der Waals surface area (Å²) in [6, 6.07) is 16.8. The van der Waals surface area contributed by atoms with Gasteiger partial charge in [0.25, 0.3) is 0 Å². The van der Waals surface area contributed by atoms with Crippen molar-refractivity contribution >= 4 is 0 Å². The lowest BCUT2D eigenvalue weighted by Crippen LogP contribution is -2.13. The molecular weight excluding hydrogens is 258 g/mol. The minimum Gasteiger partial charge on any atom is -0.493 e. The number of hydrogen-bond donors (Lipinski definition) is 1. The summed E-state index contributed by atoms with van der Waals surface area (Å²) in [6.07, 6.45) is 2.08. The van der Waals surface area contributed by atoms with Crippen molar-refractivity contribution in [2.75, 3.05) is 13.2 Å². The van der Waals surface area contributed by atoms with Crippen molar-refractivity contribution in [3.05, 3.63) is 65.2 Å². The van der Waals surface area contributed by atoms with Gasteiger partial charge in [-0.15, -0.1) is 0 Å². The highest BCUT2D eigenvalue weighted by Crippen LogP contribution is 2.22. The Morgan fingerprint density at radius 2 is 1.81 bits per heavy atom. The van der Waals surface area contributed by atoms with E-state index < -0.39 is 0 Å². The molecule has 0 amide bonds. The first-order valence-electron chi connectivity index (χ1n) is 7.65. The molecule has 1 atom stereocenters. The van der Waals surface area contributed by atoms with Crippen LogP contribution in [0.3, 0.4) is 0 Å². The van der Waals surface area contributed by atoms with Crippen molar-refractivity contribution in [3.8, 4) is 5.75 Å².